The van der Waals surface area contributed by atoms with Crippen LogP contribution in [0.5, 0.6) is 5.75 Å². The fourth-order valence-electron chi connectivity index (χ4n) is 3.81. The van der Waals surface area contributed by atoms with Crippen molar-refractivity contribution >= 4 is 15.9 Å². The summed E-state index contributed by atoms with van der Waals surface area (Å²) in [4.78, 5) is 12.7. The van der Waals surface area contributed by atoms with Gasteiger partial charge in [-0.05, 0) is 55.2 Å². The Morgan fingerprint density at radius 3 is 2.67 bits per heavy atom. The SMILES string of the molecule is COCCCOc1ccc(CCNC(=O)C2CCCCN2S(=O)(=O)c2cccc(F)c2)cc1. The molecule has 1 aliphatic heterocycles. The van der Waals surface area contributed by atoms with E-state index in [1.165, 1.54) is 22.5 Å². The largest absolute Gasteiger partial charge is 0.494 e. The average Bonchev–Trinajstić information content (AvgIpc) is 2.82. The molecular weight excluding hydrogens is 447 g/mol. The number of carbonyl (C=O) groups excluding carboxylic acids is 1. The number of hydrogen-bond donors (Lipinski definition) is 1. The standard InChI is InChI=1S/C24H31FN2O5S/c1-31-16-5-17-32-21-11-9-19(10-12-21)13-14-26-24(28)23-8-2-3-15-27(23)33(29,30)22-7-4-6-20(25)18-22/h4,6-7,9-12,18,23H,2-3,5,8,13-17H2,1H3,(H,26,28). The van der Waals surface area contributed by atoms with Gasteiger partial charge in [-0.2, -0.15) is 4.31 Å². The van der Waals surface area contributed by atoms with E-state index in [0.29, 0.717) is 39.0 Å². The number of rotatable bonds is 11. The summed E-state index contributed by atoms with van der Waals surface area (Å²) in [6, 6.07) is 11.8. The maximum Gasteiger partial charge on any atom is 0.243 e. The molecule has 0 spiro atoms. The van der Waals surface area contributed by atoms with Gasteiger partial charge in [0, 0.05) is 33.2 Å². The molecule has 1 atom stereocenters. The maximum absolute atomic E-state index is 13.6. The van der Waals surface area contributed by atoms with E-state index in [0.717, 1.165) is 30.2 Å². The maximum atomic E-state index is 13.6. The van der Waals surface area contributed by atoms with Gasteiger partial charge in [-0.25, -0.2) is 12.8 Å². The molecule has 7 nitrogen and oxygen atoms in total. The van der Waals surface area contributed by atoms with Crippen molar-refractivity contribution in [2.24, 2.45) is 0 Å². The van der Waals surface area contributed by atoms with E-state index in [1.807, 2.05) is 24.3 Å². The van der Waals surface area contributed by atoms with Crippen LogP contribution in [0.25, 0.3) is 0 Å². The van der Waals surface area contributed by atoms with E-state index in [2.05, 4.69) is 5.32 Å². The topological polar surface area (TPSA) is 84.9 Å². The number of amides is 1. The second-order valence-electron chi connectivity index (χ2n) is 7.96. The summed E-state index contributed by atoms with van der Waals surface area (Å²) in [5.74, 6) is -0.174. The predicted molar refractivity (Wildman–Crippen MR) is 123 cm³/mol. The van der Waals surface area contributed by atoms with Crippen LogP contribution in [0.15, 0.2) is 53.4 Å². The van der Waals surface area contributed by atoms with E-state index in [4.69, 9.17) is 9.47 Å². The van der Waals surface area contributed by atoms with Crippen molar-refractivity contribution in [3.8, 4) is 5.75 Å². The summed E-state index contributed by atoms with van der Waals surface area (Å²) in [5, 5.41) is 2.86. The van der Waals surface area contributed by atoms with Gasteiger partial charge in [0.05, 0.1) is 11.5 Å². The second kappa shape index (κ2) is 12.1. The van der Waals surface area contributed by atoms with Crippen molar-refractivity contribution in [2.75, 3.05) is 33.4 Å². The number of nitrogens with one attached hydrogen (secondary N) is 1. The Kier molecular flexibility index (Phi) is 9.22. The molecule has 1 heterocycles. The lowest BCUT2D eigenvalue weighted by atomic mass is 10.0. The van der Waals surface area contributed by atoms with Crippen LogP contribution in [-0.4, -0.2) is 58.1 Å². The number of halogens is 1. The molecule has 0 saturated carbocycles. The number of methoxy groups -OCH3 is 1. The van der Waals surface area contributed by atoms with Crippen LogP contribution in [0.2, 0.25) is 0 Å². The van der Waals surface area contributed by atoms with Crippen molar-refractivity contribution in [1.82, 2.24) is 9.62 Å². The molecule has 1 amide bonds. The van der Waals surface area contributed by atoms with Gasteiger partial charge in [-0.3, -0.25) is 4.79 Å². The Hall–Kier alpha value is -2.49. The summed E-state index contributed by atoms with van der Waals surface area (Å²) in [6.45, 7) is 1.86. The van der Waals surface area contributed by atoms with Crippen molar-refractivity contribution in [1.29, 1.82) is 0 Å². The summed E-state index contributed by atoms with van der Waals surface area (Å²) >= 11 is 0. The van der Waals surface area contributed by atoms with E-state index in [9.17, 15) is 17.6 Å². The van der Waals surface area contributed by atoms with E-state index >= 15 is 0 Å². The zero-order valence-corrected chi connectivity index (χ0v) is 19.7. The third-order valence-corrected chi connectivity index (χ3v) is 7.46. The van der Waals surface area contributed by atoms with Crippen LogP contribution in [0, 0.1) is 5.82 Å². The summed E-state index contributed by atoms with van der Waals surface area (Å²) in [6.07, 6.45) is 3.29. The normalized spacial score (nSPS) is 17.0. The fraction of sp³-hybridized carbons (Fsp3) is 0.458. The molecule has 9 heteroatoms. The number of hydrogen-bond acceptors (Lipinski definition) is 5. The first-order chi connectivity index (χ1) is 15.9. The minimum absolute atomic E-state index is 0.133. The van der Waals surface area contributed by atoms with Gasteiger partial charge in [-0.15, -0.1) is 0 Å². The molecule has 0 aromatic heterocycles. The monoisotopic (exact) mass is 478 g/mol. The molecule has 3 rings (SSSR count). The first-order valence-electron chi connectivity index (χ1n) is 11.2. The quantitative estimate of drug-likeness (QED) is 0.502. The predicted octanol–water partition coefficient (Wildman–Crippen LogP) is 3.14. The van der Waals surface area contributed by atoms with Crippen LogP contribution >= 0.6 is 0 Å². The Balaban J connectivity index is 1.54. The van der Waals surface area contributed by atoms with Crippen LogP contribution < -0.4 is 10.1 Å². The highest BCUT2D eigenvalue weighted by Gasteiger charge is 2.37. The molecule has 1 N–H and O–H groups in total. The lowest BCUT2D eigenvalue weighted by Gasteiger charge is -2.33. The van der Waals surface area contributed by atoms with Crippen LogP contribution in [0.4, 0.5) is 4.39 Å². The summed E-state index contributed by atoms with van der Waals surface area (Å²) in [5.41, 5.74) is 1.03. The molecule has 1 saturated heterocycles. The zero-order valence-electron chi connectivity index (χ0n) is 18.8. The van der Waals surface area contributed by atoms with Gasteiger partial charge >= 0.3 is 0 Å². The van der Waals surface area contributed by atoms with E-state index in [-0.39, 0.29) is 17.3 Å². The number of piperidine rings is 1. The number of ether oxygens (including phenoxy) is 2. The molecule has 0 radical (unpaired) electrons. The molecule has 0 aliphatic carbocycles. The minimum atomic E-state index is -3.96. The summed E-state index contributed by atoms with van der Waals surface area (Å²) < 4.78 is 51.5. The fourth-order valence-corrected chi connectivity index (χ4v) is 5.50. The van der Waals surface area contributed by atoms with E-state index in [1.54, 1.807) is 7.11 Å². The third-order valence-electron chi connectivity index (χ3n) is 5.56. The second-order valence-corrected chi connectivity index (χ2v) is 9.86. The zero-order chi connectivity index (χ0) is 23.7. The van der Waals surface area contributed by atoms with E-state index < -0.39 is 21.9 Å². The van der Waals surface area contributed by atoms with Gasteiger partial charge < -0.3 is 14.8 Å². The van der Waals surface area contributed by atoms with Crippen LogP contribution in [-0.2, 0) is 26.0 Å². The van der Waals surface area contributed by atoms with Crippen LogP contribution in [0.3, 0.4) is 0 Å². The Morgan fingerprint density at radius 1 is 1.15 bits per heavy atom. The Morgan fingerprint density at radius 2 is 1.94 bits per heavy atom. The smallest absolute Gasteiger partial charge is 0.243 e. The molecule has 1 aliphatic rings. The number of carbonyl (C=O) groups is 1. The first kappa shape index (κ1) is 25.1. The molecule has 1 unspecified atom stereocenters. The third kappa shape index (κ3) is 6.99. The lowest BCUT2D eigenvalue weighted by molar-refractivity contribution is -0.125. The van der Waals surface area contributed by atoms with Gasteiger partial charge in [0.25, 0.3) is 0 Å². The minimum Gasteiger partial charge on any atom is -0.494 e. The van der Waals surface area contributed by atoms with Crippen molar-refractivity contribution in [2.45, 2.75) is 43.0 Å². The first-order valence-corrected chi connectivity index (χ1v) is 12.6. The molecular formula is C24H31FN2O5S. The van der Waals surface area contributed by atoms with Gasteiger partial charge in [0.15, 0.2) is 0 Å². The number of sulfonamides is 1. The van der Waals surface area contributed by atoms with Crippen molar-refractivity contribution in [3.63, 3.8) is 0 Å². The lowest BCUT2D eigenvalue weighted by Crippen LogP contribution is -2.52. The molecule has 2 aromatic carbocycles. The molecule has 180 valence electrons. The van der Waals surface area contributed by atoms with Crippen molar-refractivity contribution < 1.29 is 27.1 Å². The highest BCUT2D eigenvalue weighted by Crippen LogP contribution is 2.26. The Bertz CT molecular complexity index is 1010. The number of benzene rings is 2. The van der Waals surface area contributed by atoms with Crippen molar-refractivity contribution in [3.05, 3.63) is 59.9 Å². The van der Waals surface area contributed by atoms with Gasteiger partial charge in [0.1, 0.15) is 17.6 Å². The Labute approximate surface area is 194 Å². The number of nitrogens with zero attached hydrogens (tertiary/aromatic N) is 1. The molecule has 2 aromatic rings. The molecule has 0 bridgehead atoms. The van der Waals surface area contributed by atoms with Crippen LogP contribution in [0.1, 0.15) is 31.2 Å². The highest BCUT2D eigenvalue weighted by molar-refractivity contribution is 7.89. The summed E-state index contributed by atoms with van der Waals surface area (Å²) in [7, 11) is -2.31. The van der Waals surface area contributed by atoms with Gasteiger partial charge in [-0.1, -0.05) is 24.6 Å². The average molecular weight is 479 g/mol. The van der Waals surface area contributed by atoms with Gasteiger partial charge in [0.2, 0.25) is 15.9 Å². The molecule has 33 heavy (non-hydrogen) atoms. The highest BCUT2D eigenvalue weighted by atomic mass is 32.2. The molecule has 1 fully saturated rings.